The molecule has 3 unspecified atom stereocenters. The van der Waals surface area contributed by atoms with Crippen molar-refractivity contribution in [3.05, 3.63) is 35.9 Å². The van der Waals surface area contributed by atoms with Crippen molar-refractivity contribution in [2.45, 2.75) is 64.6 Å². The lowest BCUT2D eigenvalue weighted by Gasteiger charge is -2.51. The van der Waals surface area contributed by atoms with Gasteiger partial charge in [0.1, 0.15) is 0 Å². The van der Waals surface area contributed by atoms with Crippen molar-refractivity contribution in [3.63, 3.8) is 0 Å². The van der Waals surface area contributed by atoms with Crippen molar-refractivity contribution in [2.24, 2.45) is 11.1 Å². The van der Waals surface area contributed by atoms with Gasteiger partial charge in [0.05, 0.1) is 6.10 Å². The van der Waals surface area contributed by atoms with Gasteiger partial charge in [0.2, 0.25) is 5.91 Å². The first-order chi connectivity index (χ1) is 10.9. The Morgan fingerprint density at radius 1 is 1.39 bits per heavy atom. The molecule has 0 bridgehead atoms. The number of rotatable bonds is 8. The molecule has 1 aliphatic rings. The van der Waals surface area contributed by atoms with Gasteiger partial charge in [-0.05, 0) is 18.4 Å². The van der Waals surface area contributed by atoms with Crippen LogP contribution in [0.3, 0.4) is 0 Å². The molecule has 23 heavy (non-hydrogen) atoms. The van der Waals surface area contributed by atoms with Crippen molar-refractivity contribution in [1.29, 1.82) is 0 Å². The fourth-order valence-electron chi connectivity index (χ4n) is 3.05. The van der Waals surface area contributed by atoms with Crippen LogP contribution < -0.4 is 11.1 Å². The lowest BCUT2D eigenvalue weighted by Crippen LogP contribution is -2.62. The number of carbonyl (C=O) groups excluding carboxylic acids is 1. The van der Waals surface area contributed by atoms with Gasteiger partial charge in [-0.15, -0.1) is 0 Å². The molecule has 0 aliphatic heterocycles. The Balaban J connectivity index is 1.78. The highest BCUT2D eigenvalue weighted by Gasteiger charge is 2.49. The summed E-state index contributed by atoms with van der Waals surface area (Å²) >= 11 is 0. The summed E-state index contributed by atoms with van der Waals surface area (Å²) in [6.07, 6.45) is 3.68. The minimum atomic E-state index is -0.254. The maximum absolute atomic E-state index is 12.3. The molecular formula is C19H30N2O2. The molecule has 4 nitrogen and oxygen atoms in total. The van der Waals surface area contributed by atoms with Gasteiger partial charge < -0.3 is 15.8 Å². The van der Waals surface area contributed by atoms with Gasteiger partial charge in [0.25, 0.3) is 0 Å². The van der Waals surface area contributed by atoms with Crippen LogP contribution in [0.5, 0.6) is 0 Å². The Kier molecular flexibility index (Phi) is 6.19. The molecule has 0 heterocycles. The van der Waals surface area contributed by atoms with Crippen LogP contribution in [-0.4, -0.2) is 24.7 Å². The molecule has 128 valence electrons. The number of unbranched alkanes of at least 4 members (excludes halogenated alkanes) is 1. The maximum atomic E-state index is 12.3. The summed E-state index contributed by atoms with van der Waals surface area (Å²) in [5.74, 6) is 0.0198. The average Bonchev–Trinajstić information content (AvgIpc) is 2.54. The molecule has 1 aromatic carbocycles. The fraction of sp³-hybridized carbons (Fsp3) is 0.632. The lowest BCUT2D eigenvalue weighted by atomic mass is 9.64. The largest absolute Gasteiger partial charge is 0.378 e. The Morgan fingerprint density at radius 3 is 2.70 bits per heavy atom. The molecule has 1 aromatic rings. The van der Waals surface area contributed by atoms with Crippen LogP contribution >= 0.6 is 0 Å². The summed E-state index contributed by atoms with van der Waals surface area (Å²) in [6.45, 7) is 7.29. The summed E-state index contributed by atoms with van der Waals surface area (Å²) in [7, 11) is 0. The molecule has 0 saturated heterocycles. The highest BCUT2D eigenvalue weighted by atomic mass is 16.5. The first-order valence-corrected chi connectivity index (χ1v) is 8.66. The van der Waals surface area contributed by atoms with Crippen LogP contribution in [0.15, 0.2) is 30.3 Å². The third kappa shape index (κ3) is 4.55. The minimum Gasteiger partial charge on any atom is -0.378 e. The third-order valence-corrected chi connectivity index (χ3v) is 4.96. The van der Waals surface area contributed by atoms with Crippen molar-refractivity contribution in [3.8, 4) is 0 Å². The molecule has 4 heteroatoms. The predicted octanol–water partition coefficient (Wildman–Crippen LogP) is 3.18. The number of amides is 1. The Hall–Kier alpha value is -1.39. The van der Waals surface area contributed by atoms with Crippen LogP contribution in [0.25, 0.3) is 0 Å². The second-order valence-electron chi connectivity index (χ2n) is 7.11. The van der Waals surface area contributed by atoms with Gasteiger partial charge in [0.15, 0.2) is 0 Å². The molecule has 2 rings (SSSR count). The smallest absolute Gasteiger partial charge is 0.222 e. The van der Waals surface area contributed by atoms with Gasteiger partial charge in [-0.1, -0.05) is 57.5 Å². The van der Waals surface area contributed by atoms with E-state index in [4.69, 9.17) is 10.5 Å². The number of ether oxygens (including phenoxy) is 1. The highest BCUT2D eigenvalue weighted by molar-refractivity contribution is 5.77. The molecular weight excluding hydrogens is 288 g/mol. The normalized spacial score (nSPS) is 23.8. The summed E-state index contributed by atoms with van der Waals surface area (Å²) in [4.78, 5) is 12.3. The van der Waals surface area contributed by atoms with Gasteiger partial charge in [-0.3, -0.25) is 4.79 Å². The van der Waals surface area contributed by atoms with Crippen LogP contribution in [0.4, 0.5) is 0 Å². The maximum Gasteiger partial charge on any atom is 0.222 e. The van der Waals surface area contributed by atoms with E-state index in [1.165, 1.54) is 0 Å². The van der Waals surface area contributed by atoms with E-state index in [1.54, 1.807) is 0 Å². The van der Waals surface area contributed by atoms with Crippen molar-refractivity contribution in [1.82, 2.24) is 5.32 Å². The topological polar surface area (TPSA) is 64.3 Å². The molecule has 3 N–H and O–H groups in total. The number of carbonyl (C=O) groups is 1. The number of benzene rings is 1. The monoisotopic (exact) mass is 318 g/mol. The number of nitrogens with one attached hydrogen (secondary N) is 1. The molecule has 1 saturated carbocycles. The number of hydrogen-bond donors (Lipinski definition) is 2. The summed E-state index contributed by atoms with van der Waals surface area (Å²) < 4.78 is 5.92. The predicted molar refractivity (Wildman–Crippen MR) is 93.0 cm³/mol. The molecule has 1 amide bonds. The second kappa shape index (κ2) is 7.93. The Bertz CT molecular complexity index is 501. The summed E-state index contributed by atoms with van der Waals surface area (Å²) in [5.41, 5.74) is 7.10. The molecule has 1 aliphatic carbocycles. The zero-order valence-corrected chi connectivity index (χ0v) is 14.5. The van der Waals surface area contributed by atoms with E-state index in [0.717, 1.165) is 31.4 Å². The molecule has 0 spiro atoms. The SMILES string of the molecule is CCCCOC1CC(NC(=O)CC(N)c2ccccc2)C1(C)C. The van der Waals surface area contributed by atoms with E-state index in [0.29, 0.717) is 6.42 Å². The fourth-order valence-corrected chi connectivity index (χ4v) is 3.05. The third-order valence-electron chi connectivity index (χ3n) is 4.96. The first-order valence-electron chi connectivity index (χ1n) is 8.66. The van der Waals surface area contributed by atoms with E-state index < -0.39 is 0 Å². The van der Waals surface area contributed by atoms with E-state index in [1.807, 2.05) is 30.3 Å². The van der Waals surface area contributed by atoms with Crippen LogP contribution in [0.1, 0.15) is 58.1 Å². The summed E-state index contributed by atoms with van der Waals surface area (Å²) in [6, 6.07) is 9.68. The van der Waals surface area contributed by atoms with Crippen LogP contribution in [0.2, 0.25) is 0 Å². The van der Waals surface area contributed by atoms with Gasteiger partial charge in [-0.2, -0.15) is 0 Å². The summed E-state index contributed by atoms with van der Waals surface area (Å²) in [5, 5.41) is 3.13. The van der Waals surface area contributed by atoms with Gasteiger partial charge in [0, 0.05) is 30.5 Å². The number of nitrogens with two attached hydrogens (primary N) is 1. The Labute approximate surface area is 139 Å². The molecule has 0 aromatic heterocycles. The Morgan fingerprint density at radius 2 is 2.09 bits per heavy atom. The number of hydrogen-bond acceptors (Lipinski definition) is 3. The molecule has 3 atom stereocenters. The zero-order valence-electron chi connectivity index (χ0n) is 14.5. The standard InChI is InChI=1S/C19H30N2O2/c1-4-5-11-23-17-13-16(19(17,2)3)21-18(22)12-15(20)14-9-7-6-8-10-14/h6-10,15-17H,4-5,11-13,20H2,1-3H3,(H,21,22). The zero-order chi connectivity index (χ0) is 16.9. The minimum absolute atomic E-state index is 0.0136. The average molecular weight is 318 g/mol. The van der Waals surface area contributed by atoms with E-state index >= 15 is 0 Å². The van der Waals surface area contributed by atoms with Crippen molar-refractivity contribution in [2.75, 3.05) is 6.61 Å². The van der Waals surface area contributed by atoms with Gasteiger partial charge in [-0.25, -0.2) is 0 Å². The van der Waals surface area contributed by atoms with Crippen LogP contribution in [0, 0.1) is 5.41 Å². The highest BCUT2D eigenvalue weighted by Crippen LogP contribution is 2.42. The first kappa shape index (κ1) is 18.0. The molecule has 0 radical (unpaired) electrons. The van der Waals surface area contributed by atoms with Crippen molar-refractivity contribution < 1.29 is 9.53 Å². The van der Waals surface area contributed by atoms with E-state index in [9.17, 15) is 4.79 Å². The van der Waals surface area contributed by atoms with Gasteiger partial charge >= 0.3 is 0 Å². The van der Waals surface area contributed by atoms with Crippen LogP contribution in [-0.2, 0) is 9.53 Å². The van der Waals surface area contributed by atoms with Crippen molar-refractivity contribution >= 4 is 5.91 Å². The second-order valence-corrected chi connectivity index (χ2v) is 7.11. The quantitative estimate of drug-likeness (QED) is 0.724. The van der Waals surface area contributed by atoms with E-state index in [2.05, 4.69) is 26.1 Å². The van der Waals surface area contributed by atoms with E-state index in [-0.39, 0.29) is 29.5 Å². The molecule has 1 fully saturated rings. The lowest BCUT2D eigenvalue weighted by molar-refractivity contribution is -0.138.